The first-order valence-electron chi connectivity index (χ1n) is 4.65. The summed E-state index contributed by atoms with van der Waals surface area (Å²) < 4.78 is 39.0. The third-order valence-electron chi connectivity index (χ3n) is 1.95. The molecule has 1 heterocycles. The molecule has 0 aliphatic rings. The van der Waals surface area contributed by atoms with Gasteiger partial charge in [0, 0.05) is 0 Å². The summed E-state index contributed by atoms with van der Waals surface area (Å²) in [7, 11) is -4.00. The molecule has 0 amide bonds. The normalized spacial score (nSPS) is 11.4. The zero-order valence-electron chi connectivity index (χ0n) is 8.81. The van der Waals surface area contributed by atoms with Crippen LogP contribution in [0.1, 0.15) is 5.82 Å². The lowest BCUT2D eigenvalue weighted by Crippen LogP contribution is -2.15. The Bertz CT molecular complexity index is 638. The molecule has 0 bridgehead atoms. The van der Waals surface area contributed by atoms with Crippen molar-refractivity contribution in [3.63, 3.8) is 0 Å². The number of nitrogens with zero attached hydrogens (tertiary/aromatic N) is 2. The zero-order valence-corrected chi connectivity index (χ0v) is 9.62. The van der Waals surface area contributed by atoms with Crippen LogP contribution in [0.4, 0.5) is 10.3 Å². The van der Waals surface area contributed by atoms with Crippen molar-refractivity contribution in [1.82, 2.24) is 15.2 Å². The van der Waals surface area contributed by atoms with E-state index in [4.69, 9.17) is 0 Å². The molecule has 0 atom stereocenters. The number of hydrogen-bond acceptors (Lipinski definition) is 4. The molecule has 0 unspecified atom stereocenters. The molecule has 2 N–H and O–H groups in total. The fraction of sp³-hybridized carbons (Fsp3) is 0.111. The van der Waals surface area contributed by atoms with Crippen LogP contribution in [-0.2, 0) is 10.0 Å². The zero-order chi connectivity index (χ0) is 12.5. The van der Waals surface area contributed by atoms with Crippen molar-refractivity contribution in [3.05, 3.63) is 35.9 Å². The van der Waals surface area contributed by atoms with Gasteiger partial charge in [0.1, 0.15) is 16.5 Å². The van der Waals surface area contributed by atoms with E-state index in [9.17, 15) is 12.8 Å². The van der Waals surface area contributed by atoms with E-state index in [2.05, 4.69) is 19.9 Å². The second kappa shape index (κ2) is 4.13. The minimum atomic E-state index is -4.00. The van der Waals surface area contributed by atoms with Crippen molar-refractivity contribution in [2.24, 2.45) is 0 Å². The van der Waals surface area contributed by atoms with E-state index < -0.39 is 20.7 Å². The Balaban J connectivity index is 2.35. The Hall–Kier alpha value is -1.96. The highest BCUT2D eigenvalue weighted by molar-refractivity contribution is 7.92. The standard InChI is InChI=1S/C9H9FN4O2S/c1-6-11-9(13-12-6)14-17(15,16)8-5-3-2-4-7(8)10/h2-5H,1H3,(H2,11,12,13,14). The summed E-state index contributed by atoms with van der Waals surface area (Å²) >= 11 is 0. The first-order chi connectivity index (χ1) is 7.99. The molecule has 0 saturated heterocycles. The Morgan fingerprint density at radius 1 is 1.35 bits per heavy atom. The molecule has 0 spiro atoms. The van der Waals surface area contributed by atoms with Crippen molar-refractivity contribution in [2.75, 3.05) is 4.72 Å². The van der Waals surface area contributed by atoms with Gasteiger partial charge in [-0.3, -0.25) is 5.10 Å². The van der Waals surface area contributed by atoms with Crippen LogP contribution in [0.5, 0.6) is 0 Å². The molecular weight excluding hydrogens is 247 g/mol. The average Bonchev–Trinajstić information content (AvgIpc) is 2.63. The lowest BCUT2D eigenvalue weighted by molar-refractivity contribution is 0.570. The van der Waals surface area contributed by atoms with Crippen molar-refractivity contribution in [3.8, 4) is 0 Å². The van der Waals surface area contributed by atoms with Crippen LogP contribution < -0.4 is 4.72 Å². The van der Waals surface area contributed by atoms with E-state index in [-0.39, 0.29) is 5.95 Å². The molecule has 0 fully saturated rings. The summed E-state index contributed by atoms with van der Waals surface area (Å²) in [5.74, 6) is -0.491. The molecule has 0 saturated carbocycles. The number of hydrogen-bond donors (Lipinski definition) is 2. The van der Waals surface area contributed by atoms with E-state index >= 15 is 0 Å². The predicted molar refractivity (Wildman–Crippen MR) is 58.3 cm³/mol. The maximum absolute atomic E-state index is 13.3. The van der Waals surface area contributed by atoms with Gasteiger partial charge in [-0.15, -0.1) is 5.10 Å². The summed E-state index contributed by atoms with van der Waals surface area (Å²) in [4.78, 5) is 3.33. The summed E-state index contributed by atoms with van der Waals surface area (Å²) in [6, 6.07) is 5.07. The molecule has 1 aromatic carbocycles. The Morgan fingerprint density at radius 2 is 2.06 bits per heavy atom. The van der Waals surface area contributed by atoms with E-state index in [1.165, 1.54) is 12.1 Å². The van der Waals surface area contributed by atoms with Crippen molar-refractivity contribution < 1.29 is 12.8 Å². The minimum Gasteiger partial charge on any atom is -0.261 e. The molecule has 90 valence electrons. The molecule has 6 nitrogen and oxygen atoms in total. The van der Waals surface area contributed by atoms with Crippen molar-refractivity contribution in [2.45, 2.75) is 11.8 Å². The first kappa shape index (κ1) is 11.5. The monoisotopic (exact) mass is 256 g/mol. The van der Waals surface area contributed by atoms with Crippen LogP contribution in [0, 0.1) is 12.7 Å². The van der Waals surface area contributed by atoms with Crippen LogP contribution >= 0.6 is 0 Å². The predicted octanol–water partition coefficient (Wildman–Crippen LogP) is 1.05. The van der Waals surface area contributed by atoms with Crippen LogP contribution in [-0.4, -0.2) is 23.6 Å². The van der Waals surface area contributed by atoms with Gasteiger partial charge in [-0.25, -0.2) is 17.5 Å². The molecule has 1 aromatic heterocycles. The van der Waals surface area contributed by atoms with Crippen molar-refractivity contribution in [1.29, 1.82) is 0 Å². The molecule has 0 aliphatic carbocycles. The van der Waals surface area contributed by atoms with Crippen LogP contribution in [0.15, 0.2) is 29.2 Å². The molecule has 8 heteroatoms. The number of anilines is 1. The summed E-state index contributed by atoms with van der Waals surface area (Å²) in [5, 5.41) is 6.08. The number of halogens is 1. The fourth-order valence-electron chi connectivity index (χ4n) is 1.23. The fourth-order valence-corrected chi connectivity index (χ4v) is 2.25. The molecule has 2 aromatic rings. The van der Waals surface area contributed by atoms with E-state index in [1.54, 1.807) is 6.92 Å². The molecule has 2 rings (SSSR count). The van der Waals surface area contributed by atoms with E-state index in [0.717, 1.165) is 12.1 Å². The van der Waals surface area contributed by atoms with Gasteiger partial charge in [0.05, 0.1) is 0 Å². The SMILES string of the molecule is Cc1nc(NS(=O)(=O)c2ccccc2F)n[nH]1. The van der Waals surface area contributed by atoms with Crippen LogP contribution in [0.2, 0.25) is 0 Å². The second-order valence-corrected chi connectivity index (χ2v) is 4.93. The summed E-state index contributed by atoms with van der Waals surface area (Å²) in [5.41, 5.74) is 0. The number of benzene rings is 1. The number of aromatic nitrogens is 3. The van der Waals surface area contributed by atoms with Gasteiger partial charge in [0.15, 0.2) is 0 Å². The van der Waals surface area contributed by atoms with Gasteiger partial charge in [-0.05, 0) is 19.1 Å². The van der Waals surface area contributed by atoms with E-state index in [1.807, 2.05) is 0 Å². The molecule has 0 radical (unpaired) electrons. The highest BCUT2D eigenvalue weighted by Gasteiger charge is 2.19. The van der Waals surface area contributed by atoms with Gasteiger partial charge < -0.3 is 0 Å². The summed E-state index contributed by atoms with van der Waals surface area (Å²) in [6.45, 7) is 1.62. The quantitative estimate of drug-likeness (QED) is 0.859. The number of rotatable bonds is 3. The Morgan fingerprint density at radius 3 is 2.65 bits per heavy atom. The number of sulfonamides is 1. The van der Waals surface area contributed by atoms with Gasteiger partial charge in [-0.1, -0.05) is 12.1 Å². The molecule has 17 heavy (non-hydrogen) atoms. The number of aryl methyl sites for hydroxylation is 1. The minimum absolute atomic E-state index is 0.120. The smallest absolute Gasteiger partial charge is 0.261 e. The Labute approximate surface area is 96.9 Å². The Kier molecular flexibility index (Phi) is 2.80. The van der Waals surface area contributed by atoms with E-state index in [0.29, 0.717) is 5.82 Å². The maximum Gasteiger partial charge on any atom is 0.267 e. The van der Waals surface area contributed by atoms with Gasteiger partial charge in [0.2, 0.25) is 0 Å². The summed E-state index contributed by atoms with van der Waals surface area (Å²) in [6.07, 6.45) is 0. The third kappa shape index (κ3) is 2.41. The third-order valence-corrected chi connectivity index (χ3v) is 3.31. The maximum atomic E-state index is 13.3. The van der Waals surface area contributed by atoms with Gasteiger partial charge >= 0.3 is 0 Å². The van der Waals surface area contributed by atoms with Crippen molar-refractivity contribution >= 4 is 16.0 Å². The van der Waals surface area contributed by atoms with Gasteiger partial charge in [0.25, 0.3) is 16.0 Å². The average molecular weight is 256 g/mol. The topological polar surface area (TPSA) is 87.7 Å². The lowest BCUT2D eigenvalue weighted by atomic mass is 10.4. The number of H-pyrrole nitrogens is 1. The lowest BCUT2D eigenvalue weighted by Gasteiger charge is -2.04. The van der Waals surface area contributed by atoms with Crippen LogP contribution in [0.3, 0.4) is 0 Å². The molecular formula is C9H9FN4O2S. The van der Waals surface area contributed by atoms with Gasteiger partial charge in [-0.2, -0.15) is 4.98 Å². The second-order valence-electron chi connectivity index (χ2n) is 3.28. The highest BCUT2D eigenvalue weighted by Crippen LogP contribution is 2.16. The van der Waals surface area contributed by atoms with Crippen LogP contribution in [0.25, 0.3) is 0 Å². The first-order valence-corrected chi connectivity index (χ1v) is 6.14. The largest absolute Gasteiger partial charge is 0.267 e. The number of nitrogens with one attached hydrogen (secondary N) is 2. The highest BCUT2D eigenvalue weighted by atomic mass is 32.2. The molecule has 0 aliphatic heterocycles. The number of aromatic amines is 1.